The number of nitrogens with zero attached hydrogens (tertiary/aromatic N) is 2. The first-order chi connectivity index (χ1) is 13.7. The van der Waals surface area contributed by atoms with Gasteiger partial charge in [-0.1, -0.05) is 35.5 Å². The molecular weight excluding hydrogens is 360 g/mol. The maximum absolute atomic E-state index is 10.8. The van der Waals surface area contributed by atoms with Gasteiger partial charge in [0.25, 0.3) is 0 Å². The van der Waals surface area contributed by atoms with Crippen molar-refractivity contribution in [2.24, 2.45) is 5.16 Å². The number of carbonyl (C=O) groups is 1. The summed E-state index contributed by atoms with van der Waals surface area (Å²) >= 11 is 0. The molecule has 4 rings (SSSR count). The third-order valence-corrected chi connectivity index (χ3v) is 4.06. The highest BCUT2D eigenvalue weighted by atomic mass is 16.7. The fourth-order valence-corrected chi connectivity index (χ4v) is 2.67. The van der Waals surface area contributed by atoms with Crippen molar-refractivity contribution in [3.05, 3.63) is 84.2 Å². The quantitative estimate of drug-likeness (QED) is 0.709. The molecule has 0 spiro atoms. The average Bonchev–Trinajstić information content (AvgIpc) is 3.18. The number of benzene rings is 2. The van der Waals surface area contributed by atoms with E-state index in [9.17, 15) is 4.79 Å². The van der Waals surface area contributed by atoms with Gasteiger partial charge in [-0.3, -0.25) is 0 Å². The Labute approximate surface area is 160 Å². The molecule has 2 heterocycles. The zero-order chi connectivity index (χ0) is 19.3. The van der Waals surface area contributed by atoms with Crippen LogP contribution in [-0.4, -0.2) is 22.0 Å². The Morgan fingerprint density at radius 1 is 0.929 bits per heavy atom. The van der Waals surface area contributed by atoms with E-state index in [0.717, 1.165) is 17.1 Å². The van der Waals surface area contributed by atoms with Gasteiger partial charge < -0.3 is 19.4 Å². The number of hydrogen-bond donors (Lipinski definition) is 1. The number of pyridine rings is 1. The first kappa shape index (κ1) is 17.5. The molecule has 140 valence electrons. The van der Waals surface area contributed by atoms with Crippen LogP contribution in [0.5, 0.6) is 17.2 Å². The molecule has 7 nitrogen and oxygen atoms in total. The lowest BCUT2D eigenvalue weighted by atomic mass is 10.1. The van der Waals surface area contributed by atoms with Gasteiger partial charge in [-0.05, 0) is 42.0 Å². The monoisotopic (exact) mass is 376 g/mol. The van der Waals surface area contributed by atoms with Crippen molar-refractivity contribution in [1.82, 2.24) is 4.98 Å². The van der Waals surface area contributed by atoms with E-state index in [-0.39, 0.29) is 11.8 Å². The molecule has 1 aliphatic heterocycles. The molecule has 3 aromatic rings. The van der Waals surface area contributed by atoms with Crippen LogP contribution in [0, 0.1) is 0 Å². The number of ether oxygens (including phenoxy) is 2. The summed E-state index contributed by atoms with van der Waals surface area (Å²) in [6, 6.07) is 20.0. The van der Waals surface area contributed by atoms with Crippen molar-refractivity contribution in [3.8, 4) is 17.2 Å². The van der Waals surface area contributed by atoms with Crippen LogP contribution in [-0.2, 0) is 4.84 Å². The molecule has 0 amide bonds. The molecular formula is C21H16N2O5. The second-order valence-corrected chi connectivity index (χ2v) is 6.05. The summed E-state index contributed by atoms with van der Waals surface area (Å²) in [6.07, 6.45) is 1.54. The van der Waals surface area contributed by atoms with Crippen molar-refractivity contribution in [2.45, 2.75) is 12.5 Å². The zero-order valence-electron chi connectivity index (χ0n) is 14.7. The number of para-hydroxylation sites is 1. The van der Waals surface area contributed by atoms with Gasteiger partial charge in [0, 0.05) is 0 Å². The first-order valence-electron chi connectivity index (χ1n) is 8.60. The number of carboxylic acids is 1. The number of aromatic nitrogens is 1. The first-order valence-corrected chi connectivity index (χ1v) is 8.60. The van der Waals surface area contributed by atoms with Gasteiger partial charge in [0.05, 0.1) is 12.6 Å². The third kappa shape index (κ3) is 4.09. The summed E-state index contributed by atoms with van der Waals surface area (Å²) in [4.78, 5) is 20.1. The van der Waals surface area contributed by atoms with Crippen LogP contribution in [0.1, 0.15) is 28.6 Å². The highest BCUT2D eigenvalue weighted by Crippen LogP contribution is 2.30. The summed E-state index contributed by atoms with van der Waals surface area (Å²) in [5, 5.41) is 12.8. The van der Waals surface area contributed by atoms with Crippen LogP contribution in [0.25, 0.3) is 0 Å². The molecule has 0 saturated carbocycles. The molecule has 2 aromatic carbocycles. The highest BCUT2D eigenvalue weighted by Gasteiger charge is 2.24. The molecule has 0 radical (unpaired) electrons. The molecule has 0 saturated heterocycles. The van der Waals surface area contributed by atoms with Crippen LogP contribution in [0.3, 0.4) is 0 Å². The molecule has 0 aliphatic carbocycles. The van der Waals surface area contributed by atoms with Gasteiger partial charge in [0.2, 0.25) is 5.90 Å². The molecule has 1 aliphatic rings. The van der Waals surface area contributed by atoms with Crippen molar-refractivity contribution >= 4 is 11.9 Å². The minimum absolute atomic E-state index is 0.0485. The Balaban J connectivity index is 1.35. The highest BCUT2D eigenvalue weighted by molar-refractivity contribution is 5.85. The van der Waals surface area contributed by atoms with Gasteiger partial charge in [-0.25, -0.2) is 9.78 Å². The Morgan fingerprint density at radius 3 is 2.32 bits per heavy atom. The number of aromatic carboxylic acids is 1. The van der Waals surface area contributed by atoms with E-state index in [2.05, 4.69) is 10.1 Å². The van der Waals surface area contributed by atoms with Crippen LogP contribution in [0.15, 0.2) is 78.1 Å². The molecule has 1 aromatic heterocycles. The lowest BCUT2D eigenvalue weighted by molar-refractivity contribution is 0.0690. The Hall–Kier alpha value is -3.87. The fraction of sp³-hybridized carbons (Fsp3) is 0.0952. The van der Waals surface area contributed by atoms with E-state index in [0.29, 0.717) is 18.1 Å². The van der Waals surface area contributed by atoms with Crippen molar-refractivity contribution in [3.63, 3.8) is 0 Å². The van der Waals surface area contributed by atoms with Crippen LogP contribution in [0.4, 0.5) is 0 Å². The van der Waals surface area contributed by atoms with Crippen LogP contribution in [0.2, 0.25) is 0 Å². The summed E-state index contributed by atoms with van der Waals surface area (Å²) in [7, 11) is 0. The fourth-order valence-electron chi connectivity index (χ4n) is 2.67. The summed E-state index contributed by atoms with van der Waals surface area (Å²) < 4.78 is 11.4. The predicted molar refractivity (Wildman–Crippen MR) is 101 cm³/mol. The SMILES string of the molecule is O=C(O)c1ccc(OC2=NO[C@@H](c3ccc(Oc4ccccc4)cc3)C2)cn1. The number of oxime groups is 1. The zero-order valence-corrected chi connectivity index (χ0v) is 14.7. The number of hydrogen-bond acceptors (Lipinski definition) is 6. The van der Waals surface area contributed by atoms with Crippen molar-refractivity contribution in [2.75, 3.05) is 0 Å². The smallest absolute Gasteiger partial charge is 0.354 e. The van der Waals surface area contributed by atoms with Gasteiger partial charge >= 0.3 is 5.97 Å². The van der Waals surface area contributed by atoms with Gasteiger partial charge in [0.15, 0.2) is 6.10 Å². The lowest BCUT2D eigenvalue weighted by Gasteiger charge is -2.10. The number of carboxylic acid groups (broad SMARTS) is 1. The minimum Gasteiger partial charge on any atom is -0.477 e. The molecule has 7 heteroatoms. The maximum Gasteiger partial charge on any atom is 0.354 e. The van der Waals surface area contributed by atoms with E-state index >= 15 is 0 Å². The lowest BCUT2D eigenvalue weighted by Crippen LogP contribution is -2.08. The van der Waals surface area contributed by atoms with Gasteiger partial charge in [-0.15, -0.1) is 0 Å². The van der Waals surface area contributed by atoms with Crippen LogP contribution < -0.4 is 9.47 Å². The summed E-state index contributed by atoms with van der Waals surface area (Å²) in [6.45, 7) is 0. The van der Waals surface area contributed by atoms with Gasteiger partial charge in [-0.2, -0.15) is 0 Å². The molecule has 0 fully saturated rings. The van der Waals surface area contributed by atoms with E-state index in [1.807, 2.05) is 54.6 Å². The standard InChI is InChI=1S/C21H16N2O5/c24-21(25)18-11-10-17(13-22-18)27-20-12-19(28-23-20)14-6-8-16(9-7-14)26-15-4-2-1-3-5-15/h1-11,13,19H,12H2,(H,24,25)/t19-/m1/s1. The molecule has 0 unspecified atom stereocenters. The second kappa shape index (κ2) is 7.79. The molecule has 28 heavy (non-hydrogen) atoms. The van der Waals surface area contributed by atoms with Crippen molar-refractivity contribution in [1.29, 1.82) is 0 Å². The molecule has 1 N–H and O–H groups in total. The minimum atomic E-state index is -1.09. The average molecular weight is 376 g/mol. The largest absolute Gasteiger partial charge is 0.477 e. The normalized spacial score (nSPS) is 15.4. The van der Waals surface area contributed by atoms with Crippen molar-refractivity contribution < 1.29 is 24.2 Å². The van der Waals surface area contributed by atoms with Gasteiger partial charge in [0.1, 0.15) is 22.9 Å². The summed E-state index contributed by atoms with van der Waals surface area (Å²) in [5.74, 6) is 1.22. The predicted octanol–water partition coefficient (Wildman–Crippen LogP) is 4.43. The summed E-state index contributed by atoms with van der Waals surface area (Å²) in [5.41, 5.74) is 0.898. The van der Waals surface area contributed by atoms with Crippen LogP contribution >= 0.6 is 0 Å². The third-order valence-electron chi connectivity index (χ3n) is 4.06. The second-order valence-electron chi connectivity index (χ2n) is 6.05. The van der Waals surface area contributed by atoms with E-state index < -0.39 is 5.97 Å². The Morgan fingerprint density at radius 2 is 1.64 bits per heavy atom. The topological polar surface area (TPSA) is 90.2 Å². The van der Waals surface area contributed by atoms with E-state index in [4.69, 9.17) is 19.4 Å². The van der Waals surface area contributed by atoms with E-state index in [1.54, 1.807) is 0 Å². The number of rotatable bonds is 5. The Bertz CT molecular complexity index is 986. The molecule has 0 bridgehead atoms. The maximum atomic E-state index is 10.8. The molecule has 1 atom stereocenters. The Kier molecular flexibility index (Phi) is 4.88. The van der Waals surface area contributed by atoms with E-state index in [1.165, 1.54) is 18.3 Å².